The van der Waals surface area contributed by atoms with Crippen LogP contribution in [0.1, 0.15) is 25.1 Å². The smallest absolute Gasteiger partial charge is 0.152 e. The largest absolute Gasteiger partial charge is 0.382 e. The van der Waals surface area contributed by atoms with E-state index in [2.05, 4.69) is 37.8 Å². The molecule has 4 aromatic rings. The Hall–Kier alpha value is -2.45. The molecule has 1 fully saturated rings. The molecular formula is C19H23N7S. The van der Waals surface area contributed by atoms with E-state index in [-0.39, 0.29) is 0 Å². The summed E-state index contributed by atoms with van der Waals surface area (Å²) in [4.78, 5) is 13.1. The van der Waals surface area contributed by atoms with Gasteiger partial charge >= 0.3 is 0 Å². The fourth-order valence-corrected chi connectivity index (χ4v) is 5.17. The van der Waals surface area contributed by atoms with Gasteiger partial charge in [0.25, 0.3) is 0 Å². The van der Waals surface area contributed by atoms with E-state index in [0.29, 0.717) is 5.82 Å². The van der Waals surface area contributed by atoms with Gasteiger partial charge in [0.1, 0.15) is 11.3 Å². The maximum absolute atomic E-state index is 6.25. The number of nitrogens with one attached hydrogen (secondary N) is 1. The summed E-state index contributed by atoms with van der Waals surface area (Å²) in [5.74, 6) is 1.59. The van der Waals surface area contributed by atoms with Gasteiger partial charge in [0, 0.05) is 19.7 Å². The van der Waals surface area contributed by atoms with Gasteiger partial charge in [-0.05, 0) is 51.0 Å². The molecule has 7 nitrogen and oxygen atoms in total. The summed E-state index contributed by atoms with van der Waals surface area (Å²) in [5.41, 5.74) is 10.1. The third-order valence-electron chi connectivity index (χ3n) is 5.44. The van der Waals surface area contributed by atoms with Gasteiger partial charge in [0.05, 0.1) is 26.3 Å². The summed E-state index contributed by atoms with van der Waals surface area (Å²) >= 11 is 1.71. The predicted molar refractivity (Wildman–Crippen MR) is 110 cm³/mol. The van der Waals surface area contributed by atoms with Crippen LogP contribution in [0.25, 0.3) is 31.8 Å². The Labute approximate surface area is 161 Å². The summed E-state index contributed by atoms with van der Waals surface area (Å²) in [6.07, 6.45) is 6.52. The minimum absolute atomic E-state index is 0.507. The Morgan fingerprint density at radius 2 is 2.11 bits per heavy atom. The van der Waals surface area contributed by atoms with Gasteiger partial charge in [-0.25, -0.2) is 9.97 Å². The van der Waals surface area contributed by atoms with Crippen molar-refractivity contribution in [1.29, 1.82) is 0 Å². The van der Waals surface area contributed by atoms with Crippen LogP contribution in [0.5, 0.6) is 0 Å². The van der Waals surface area contributed by atoms with Gasteiger partial charge in [-0.2, -0.15) is 5.10 Å². The molecule has 0 radical (unpaired) electrons. The van der Waals surface area contributed by atoms with Crippen LogP contribution in [0.3, 0.4) is 0 Å². The van der Waals surface area contributed by atoms with Gasteiger partial charge < -0.3 is 15.2 Å². The van der Waals surface area contributed by atoms with E-state index in [1.165, 1.54) is 25.9 Å². The van der Waals surface area contributed by atoms with Crippen LogP contribution < -0.4 is 5.73 Å². The fraction of sp³-hybridized carbons (Fsp3) is 0.421. The predicted octanol–water partition coefficient (Wildman–Crippen LogP) is 3.18. The first-order valence-corrected chi connectivity index (χ1v) is 10.3. The van der Waals surface area contributed by atoms with E-state index in [1.807, 2.05) is 6.07 Å². The molecule has 27 heavy (non-hydrogen) atoms. The number of fused-ring (bicyclic) bond motifs is 3. The van der Waals surface area contributed by atoms with Crippen molar-refractivity contribution in [3.8, 4) is 10.6 Å². The zero-order chi connectivity index (χ0) is 18.4. The topological polar surface area (TPSA) is 88.7 Å². The highest BCUT2D eigenvalue weighted by Gasteiger charge is 2.18. The van der Waals surface area contributed by atoms with Crippen molar-refractivity contribution in [1.82, 2.24) is 29.6 Å². The number of pyridine rings is 1. The lowest BCUT2D eigenvalue weighted by Crippen LogP contribution is -2.21. The van der Waals surface area contributed by atoms with E-state index in [0.717, 1.165) is 57.0 Å². The number of anilines is 1. The summed E-state index contributed by atoms with van der Waals surface area (Å²) in [7, 11) is 2.09. The highest BCUT2D eigenvalue weighted by atomic mass is 32.1. The lowest BCUT2D eigenvalue weighted by Gasteiger charge is -2.13. The molecule has 4 aromatic heterocycles. The van der Waals surface area contributed by atoms with E-state index in [4.69, 9.17) is 10.7 Å². The molecule has 1 aliphatic heterocycles. The van der Waals surface area contributed by atoms with Gasteiger partial charge in [0.2, 0.25) is 0 Å². The van der Waals surface area contributed by atoms with Gasteiger partial charge in [-0.3, -0.25) is 5.10 Å². The molecule has 0 aliphatic carbocycles. The third kappa shape index (κ3) is 2.89. The highest BCUT2D eigenvalue weighted by molar-refractivity contribution is 7.23. The molecule has 3 N–H and O–H groups in total. The lowest BCUT2D eigenvalue weighted by molar-refractivity contribution is 0.332. The van der Waals surface area contributed by atoms with Crippen LogP contribution in [0.4, 0.5) is 5.82 Å². The van der Waals surface area contributed by atoms with Crippen LogP contribution in [-0.2, 0) is 13.5 Å². The second-order valence-corrected chi connectivity index (χ2v) is 8.28. The molecule has 1 aliphatic rings. The number of aromatic amines is 1. The molecule has 0 aromatic carbocycles. The first-order chi connectivity index (χ1) is 13.2. The summed E-state index contributed by atoms with van der Waals surface area (Å²) in [5, 5.41) is 7.08. The normalized spacial score (nSPS) is 15.4. The first kappa shape index (κ1) is 16.7. The Morgan fingerprint density at radius 1 is 1.26 bits per heavy atom. The van der Waals surface area contributed by atoms with E-state index >= 15 is 0 Å². The van der Waals surface area contributed by atoms with Crippen LogP contribution >= 0.6 is 11.3 Å². The second-order valence-electron chi connectivity index (χ2n) is 7.23. The zero-order valence-electron chi connectivity index (χ0n) is 15.4. The molecule has 8 heteroatoms. The number of aromatic nitrogens is 5. The molecule has 0 saturated carbocycles. The number of aryl methyl sites for hydroxylation is 2. The van der Waals surface area contributed by atoms with Crippen molar-refractivity contribution >= 4 is 38.4 Å². The second kappa shape index (κ2) is 6.61. The van der Waals surface area contributed by atoms with Crippen molar-refractivity contribution < 1.29 is 0 Å². The SMILES string of the molecule is Cn1c(CCCN2CCCC2)nc2c(N)nc3cc(-c4ccn[nH]4)sc3c21. The third-order valence-corrected chi connectivity index (χ3v) is 6.60. The number of H-pyrrole nitrogens is 1. The Morgan fingerprint density at radius 3 is 2.89 bits per heavy atom. The fourth-order valence-electron chi connectivity index (χ4n) is 4.02. The van der Waals surface area contributed by atoms with E-state index < -0.39 is 0 Å². The monoisotopic (exact) mass is 381 g/mol. The summed E-state index contributed by atoms with van der Waals surface area (Å²) < 4.78 is 3.33. The highest BCUT2D eigenvalue weighted by Crippen LogP contribution is 2.37. The molecule has 0 spiro atoms. The number of thiophene rings is 1. The van der Waals surface area contributed by atoms with E-state index in [1.54, 1.807) is 17.5 Å². The Bertz CT molecular complexity index is 1090. The maximum Gasteiger partial charge on any atom is 0.152 e. The number of hydrogen-bond acceptors (Lipinski definition) is 6. The first-order valence-electron chi connectivity index (χ1n) is 9.47. The molecule has 1 saturated heterocycles. The van der Waals surface area contributed by atoms with Crippen LogP contribution in [-0.4, -0.2) is 49.3 Å². The van der Waals surface area contributed by atoms with Crippen molar-refractivity contribution in [3.63, 3.8) is 0 Å². The molecule has 5 rings (SSSR count). The quantitative estimate of drug-likeness (QED) is 0.554. The number of hydrogen-bond donors (Lipinski definition) is 2. The van der Waals surface area contributed by atoms with Crippen LogP contribution in [0.2, 0.25) is 0 Å². The van der Waals surface area contributed by atoms with Crippen molar-refractivity contribution in [2.45, 2.75) is 25.7 Å². The van der Waals surface area contributed by atoms with Crippen molar-refractivity contribution in [2.24, 2.45) is 7.05 Å². The molecule has 0 unspecified atom stereocenters. The average molecular weight is 382 g/mol. The molecule has 0 bridgehead atoms. The Kier molecular flexibility index (Phi) is 4.09. The molecule has 0 amide bonds. The van der Waals surface area contributed by atoms with Crippen LogP contribution in [0, 0.1) is 0 Å². The lowest BCUT2D eigenvalue weighted by atomic mass is 10.3. The zero-order valence-corrected chi connectivity index (χ0v) is 16.2. The minimum atomic E-state index is 0.507. The minimum Gasteiger partial charge on any atom is -0.382 e. The molecule has 140 valence electrons. The maximum atomic E-state index is 6.25. The van der Waals surface area contributed by atoms with Crippen LogP contribution in [0.15, 0.2) is 18.3 Å². The van der Waals surface area contributed by atoms with E-state index in [9.17, 15) is 0 Å². The van der Waals surface area contributed by atoms with Gasteiger partial charge in [-0.15, -0.1) is 11.3 Å². The number of nitrogens with zero attached hydrogens (tertiary/aromatic N) is 5. The van der Waals surface area contributed by atoms with Crippen molar-refractivity contribution in [2.75, 3.05) is 25.4 Å². The number of rotatable bonds is 5. The number of likely N-dealkylation sites (tertiary alicyclic amines) is 1. The van der Waals surface area contributed by atoms with Crippen molar-refractivity contribution in [3.05, 3.63) is 24.2 Å². The van der Waals surface area contributed by atoms with Gasteiger partial charge in [-0.1, -0.05) is 0 Å². The Balaban J connectivity index is 1.51. The summed E-state index contributed by atoms with van der Waals surface area (Å²) in [6.45, 7) is 3.63. The average Bonchev–Trinajstić information content (AvgIpc) is 3.41. The molecular weight excluding hydrogens is 358 g/mol. The van der Waals surface area contributed by atoms with Gasteiger partial charge in [0.15, 0.2) is 5.82 Å². The number of nitrogens with two attached hydrogens (primary N) is 1. The molecule has 0 atom stereocenters. The number of imidazole rings is 1. The number of nitrogen functional groups attached to an aromatic ring is 1. The molecule has 5 heterocycles. The summed E-state index contributed by atoms with van der Waals surface area (Å²) in [6, 6.07) is 4.04. The standard InChI is InChI=1S/C19H23N7S/c1-25-15(5-4-10-26-8-2-3-9-26)23-16-17(25)18-13(22-19(16)20)11-14(27-18)12-6-7-21-24-12/h6-7,11H,2-5,8-10H2,1H3,(H2,20,22)(H,21,24).